The fourth-order valence-electron chi connectivity index (χ4n) is 0.691. The minimum absolute atomic E-state index is 0.433. The average Bonchev–Trinajstić information content (AvgIpc) is 2.01. The molecule has 0 unspecified atom stereocenters. The quantitative estimate of drug-likeness (QED) is 0.642. The van der Waals surface area contributed by atoms with E-state index in [9.17, 15) is 4.79 Å². The Bertz CT molecular complexity index is 142. The summed E-state index contributed by atoms with van der Waals surface area (Å²) in [6.45, 7) is 5.07. The van der Waals surface area contributed by atoms with Gasteiger partial charge in [-0.05, 0) is 5.25 Å². The summed E-state index contributed by atoms with van der Waals surface area (Å²) in [5.41, 5.74) is 4.91. The van der Waals surface area contributed by atoms with Gasteiger partial charge in [-0.25, -0.2) is 4.79 Å². The highest BCUT2D eigenvalue weighted by molar-refractivity contribution is 8.03. The van der Waals surface area contributed by atoms with E-state index in [1.165, 1.54) is 5.75 Å². The van der Waals surface area contributed by atoms with Crippen molar-refractivity contribution in [1.82, 2.24) is 5.32 Å². The SMILES string of the molecule is CC(C)SCCSCCNC(N)=O. The monoisotopic (exact) mass is 222 g/mol. The van der Waals surface area contributed by atoms with Crippen LogP contribution in [0.5, 0.6) is 0 Å². The summed E-state index contributed by atoms with van der Waals surface area (Å²) in [6, 6.07) is -0.433. The Morgan fingerprint density at radius 2 is 2.08 bits per heavy atom. The highest BCUT2D eigenvalue weighted by atomic mass is 32.2. The maximum Gasteiger partial charge on any atom is 0.312 e. The molecule has 0 atom stereocenters. The Labute approximate surface area is 88.6 Å². The van der Waals surface area contributed by atoms with E-state index in [-0.39, 0.29) is 0 Å². The number of primary amides is 1. The first-order chi connectivity index (χ1) is 6.13. The minimum Gasteiger partial charge on any atom is -0.352 e. The van der Waals surface area contributed by atoms with E-state index in [4.69, 9.17) is 5.73 Å². The molecule has 0 saturated carbocycles. The summed E-state index contributed by atoms with van der Waals surface area (Å²) in [6.07, 6.45) is 0. The van der Waals surface area contributed by atoms with Crippen molar-refractivity contribution in [1.29, 1.82) is 0 Å². The van der Waals surface area contributed by atoms with Gasteiger partial charge in [-0.3, -0.25) is 0 Å². The van der Waals surface area contributed by atoms with Crippen molar-refractivity contribution >= 4 is 29.6 Å². The summed E-state index contributed by atoms with van der Waals surface area (Å²) in [5, 5.41) is 3.27. The number of amides is 2. The lowest BCUT2D eigenvalue weighted by Crippen LogP contribution is -2.31. The normalized spacial score (nSPS) is 10.4. The number of thioether (sulfide) groups is 2. The van der Waals surface area contributed by atoms with Gasteiger partial charge in [0.25, 0.3) is 0 Å². The zero-order valence-electron chi connectivity index (χ0n) is 8.21. The standard InChI is InChI=1S/C8H18N2OS2/c1-7(2)13-6-5-12-4-3-10-8(9)11/h7H,3-6H2,1-2H3,(H3,9,10,11). The van der Waals surface area contributed by atoms with Gasteiger partial charge in [-0.15, -0.1) is 0 Å². The van der Waals surface area contributed by atoms with Crippen LogP contribution in [0.15, 0.2) is 0 Å². The fourth-order valence-corrected chi connectivity index (χ4v) is 2.47. The van der Waals surface area contributed by atoms with Crippen molar-refractivity contribution in [2.75, 3.05) is 23.8 Å². The minimum atomic E-state index is -0.433. The highest BCUT2D eigenvalue weighted by Crippen LogP contribution is 2.11. The molecule has 0 fully saturated rings. The number of hydrogen-bond donors (Lipinski definition) is 2. The van der Waals surface area contributed by atoms with Crippen molar-refractivity contribution in [3.8, 4) is 0 Å². The van der Waals surface area contributed by atoms with Gasteiger partial charge in [-0.2, -0.15) is 23.5 Å². The van der Waals surface area contributed by atoms with Crippen LogP contribution in [0.2, 0.25) is 0 Å². The molecule has 0 bridgehead atoms. The summed E-state index contributed by atoms with van der Waals surface area (Å²) >= 11 is 3.81. The molecule has 3 N–H and O–H groups in total. The Hall–Kier alpha value is -0.0300. The Morgan fingerprint density at radius 3 is 2.62 bits per heavy atom. The number of carbonyl (C=O) groups excluding carboxylic acids is 1. The molecule has 0 saturated heterocycles. The maximum absolute atomic E-state index is 10.3. The molecule has 0 aliphatic carbocycles. The summed E-state index contributed by atoms with van der Waals surface area (Å²) in [5.74, 6) is 3.27. The van der Waals surface area contributed by atoms with Crippen LogP contribution >= 0.6 is 23.5 Å². The number of nitrogens with one attached hydrogen (secondary N) is 1. The first kappa shape index (κ1) is 13.0. The molecule has 0 rings (SSSR count). The Balaban J connectivity index is 2.96. The van der Waals surface area contributed by atoms with E-state index >= 15 is 0 Å². The number of carbonyl (C=O) groups is 1. The highest BCUT2D eigenvalue weighted by Gasteiger charge is 1.95. The summed E-state index contributed by atoms with van der Waals surface area (Å²) < 4.78 is 0. The molecule has 13 heavy (non-hydrogen) atoms. The van der Waals surface area contributed by atoms with Gasteiger partial charge < -0.3 is 11.1 Å². The topological polar surface area (TPSA) is 55.1 Å². The van der Waals surface area contributed by atoms with Crippen molar-refractivity contribution in [3.05, 3.63) is 0 Å². The van der Waals surface area contributed by atoms with E-state index in [1.54, 1.807) is 0 Å². The van der Waals surface area contributed by atoms with Crippen molar-refractivity contribution in [2.24, 2.45) is 5.73 Å². The van der Waals surface area contributed by atoms with Gasteiger partial charge in [0.2, 0.25) is 0 Å². The molecule has 0 spiro atoms. The Morgan fingerprint density at radius 1 is 1.38 bits per heavy atom. The number of urea groups is 1. The first-order valence-corrected chi connectivity index (χ1v) is 6.56. The fraction of sp³-hybridized carbons (Fsp3) is 0.875. The van der Waals surface area contributed by atoms with Gasteiger partial charge in [0, 0.05) is 23.8 Å². The number of hydrogen-bond acceptors (Lipinski definition) is 3. The van der Waals surface area contributed by atoms with Gasteiger partial charge in [0.15, 0.2) is 0 Å². The second-order valence-corrected chi connectivity index (χ2v) is 5.73. The predicted octanol–water partition coefficient (Wildman–Crippen LogP) is 1.53. The third-order valence-corrected chi connectivity index (χ3v) is 3.57. The third-order valence-electron chi connectivity index (χ3n) is 1.22. The van der Waals surface area contributed by atoms with Crippen LogP contribution in [0.3, 0.4) is 0 Å². The summed E-state index contributed by atoms with van der Waals surface area (Å²) in [7, 11) is 0. The largest absolute Gasteiger partial charge is 0.352 e. The molecule has 0 radical (unpaired) electrons. The second-order valence-electron chi connectivity index (χ2n) is 2.82. The molecule has 0 aromatic heterocycles. The number of rotatable bonds is 7. The molecule has 2 amide bonds. The van der Waals surface area contributed by atoms with Crippen LogP contribution in [0.1, 0.15) is 13.8 Å². The molecule has 0 aromatic carbocycles. The third kappa shape index (κ3) is 12.0. The molecule has 0 heterocycles. The summed E-state index contributed by atoms with van der Waals surface area (Å²) in [4.78, 5) is 10.3. The predicted molar refractivity (Wildman–Crippen MR) is 62.5 cm³/mol. The molecule has 3 nitrogen and oxygen atoms in total. The van der Waals surface area contributed by atoms with Gasteiger partial charge in [-0.1, -0.05) is 13.8 Å². The lowest BCUT2D eigenvalue weighted by molar-refractivity contribution is 0.249. The van der Waals surface area contributed by atoms with Crippen LogP contribution in [0.25, 0.3) is 0 Å². The molecule has 78 valence electrons. The zero-order chi connectivity index (χ0) is 10.1. The molecule has 0 aliphatic rings. The van der Waals surface area contributed by atoms with Crippen LogP contribution in [0, 0.1) is 0 Å². The van der Waals surface area contributed by atoms with Crippen LogP contribution in [0.4, 0.5) is 4.79 Å². The lowest BCUT2D eigenvalue weighted by atomic mass is 10.6. The van der Waals surface area contributed by atoms with E-state index in [0.29, 0.717) is 11.8 Å². The average molecular weight is 222 g/mol. The van der Waals surface area contributed by atoms with Crippen LogP contribution in [-0.2, 0) is 0 Å². The van der Waals surface area contributed by atoms with Crippen molar-refractivity contribution in [2.45, 2.75) is 19.1 Å². The second kappa shape index (κ2) is 8.56. The maximum atomic E-state index is 10.3. The van der Waals surface area contributed by atoms with Crippen molar-refractivity contribution < 1.29 is 4.79 Å². The van der Waals surface area contributed by atoms with E-state index in [1.807, 2.05) is 23.5 Å². The molecular formula is C8H18N2OS2. The molecule has 0 aromatic rings. The number of nitrogens with two attached hydrogens (primary N) is 1. The van der Waals surface area contributed by atoms with Gasteiger partial charge >= 0.3 is 6.03 Å². The molecular weight excluding hydrogens is 204 g/mol. The van der Waals surface area contributed by atoms with E-state index < -0.39 is 6.03 Å². The Kier molecular flexibility index (Phi) is 8.54. The lowest BCUT2D eigenvalue weighted by Gasteiger charge is -2.04. The smallest absolute Gasteiger partial charge is 0.312 e. The van der Waals surface area contributed by atoms with Gasteiger partial charge in [0.05, 0.1) is 0 Å². The van der Waals surface area contributed by atoms with Crippen molar-refractivity contribution in [3.63, 3.8) is 0 Å². The first-order valence-electron chi connectivity index (χ1n) is 4.35. The van der Waals surface area contributed by atoms with Crippen LogP contribution in [-0.4, -0.2) is 35.1 Å². The zero-order valence-corrected chi connectivity index (χ0v) is 9.84. The van der Waals surface area contributed by atoms with Gasteiger partial charge in [0.1, 0.15) is 0 Å². The van der Waals surface area contributed by atoms with E-state index in [2.05, 4.69) is 19.2 Å². The van der Waals surface area contributed by atoms with Crippen LogP contribution < -0.4 is 11.1 Å². The molecule has 5 heteroatoms. The molecule has 0 aliphatic heterocycles. The van der Waals surface area contributed by atoms with E-state index in [0.717, 1.165) is 11.5 Å².